The van der Waals surface area contributed by atoms with Gasteiger partial charge in [-0.25, -0.2) is 9.26 Å². The second-order valence-electron chi connectivity index (χ2n) is 31.3. The van der Waals surface area contributed by atoms with E-state index in [0.29, 0.717) is 16.5 Å². The van der Waals surface area contributed by atoms with Crippen molar-refractivity contribution in [2.75, 3.05) is 0 Å². The number of fused-ring (bicyclic) bond motifs is 10. The Labute approximate surface area is 573 Å². The molecule has 1 aliphatic heterocycles. The lowest BCUT2D eigenvalue weighted by atomic mass is 9.67. The summed E-state index contributed by atoms with van der Waals surface area (Å²) in [5.41, 5.74) is 11.9. The molecule has 5 aromatic rings. The zero-order chi connectivity index (χ0) is 66.5. The Balaban J connectivity index is 1.19. The van der Waals surface area contributed by atoms with Crippen LogP contribution in [0.2, 0.25) is 0 Å². The second kappa shape index (κ2) is 39.9. The fraction of sp³-hybridized carbons (Fsp3) is 0.780. The van der Waals surface area contributed by atoms with E-state index in [9.17, 15) is 10.0 Å². The van der Waals surface area contributed by atoms with Gasteiger partial charge < -0.3 is 19.4 Å². The van der Waals surface area contributed by atoms with Crippen molar-refractivity contribution in [2.24, 2.45) is 0 Å². The van der Waals surface area contributed by atoms with E-state index >= 15 is 0 Å². The maximum atomic E-state index is 11.3. The Morgan fingerprint density at radius 2 is 0.574 bits per heavy atom. The largest absolute Gasteiger partial charge is 0.497 e. The van der Waals surface area contributed by atoms with Crippen molar-refractivity contribution in [1.82, 2.24) is 20.6 Å². The summed E-state index contributed by atoms with van der Waals surface area (Å²) in [6, 6.07) is 9.81. The molecular weight excluding hydrogens is 1160 g/mol. The zero-order valence-corrected chi connectivity index (χ0v) is 61.5. The number of nitrogens with zero attached hydrogens (tertiary/aromatic N) is 4. The quantitative estimate of drug-likeness (QED) is 0.0286. The number of hydrogen-bond donors (Lipinski definition) is 2. The minimum absolute atomic E-state index is 0.346. The predicted octanol–water partition coefficient (Wildman–Crippen LogP) is 23.6. The average molecular weight is 1290 g/mol. The molecule has 2 aromatic heterocycles. The zero-order valence-electron chi connectivity index (χ0n) is 61.5. The summed E-state index contributed by atoms with van der Waals surface area (Å²) in [6.45, 7) is 17.8. The molecular formula is C82H134B2N4O6. The molecule has 1 saturated heterocycles. The van der Waals surface area contributed by atoms with E-state index in [1.807, 2.05) is 0 Å². The van der Waals surface area contributed by atoms with Gasteiger partial charge in [0.15, 0.2) is 0 Å². The molecule has 94 heavy (non-hydrogen) atoms. The fourth-order valence-electron chi connectivity index (χ4n) is 17.1. The minimum Gasteiger partial charge on any atom is -0.423 e. The van der Waals surface area contributed by atoms with Crippen LogP contribution in [0.3, 0.4) is 0 Å². The van der Waals surface area contributed by atoms with Crippen LogP contribution in [0.4, 0.5) is 0 Å². The molecule has 524 valence electrons. The van der Waals surface area contributed by atoms with E-state index in [4.69, 9.17) is 34.0 Å². The smallest absolute Gasteiger partial charge is 0.423 e. The van der Waals surface area contributed by atoms with Crippen LogP contribution in [-0.4, -0.2) is 56.1 Å². The first-order valence-electron chi connectivity index (χ1n) is 40.4. The van der Waals surface area contributed by atoms with Gasteiger partial charge >= 0.3 is 14.2 Å². The number of unbranched alkanes of at least 4 members (excludes halogenated alkanes) is 44. The van der Waals surface area contributed by atoms with Crippen LogP contribution >= 0.6 is 0 Å². The molecule has 8 rings (SSSR count). The van der Waals surface area contributed by atoms with Crippen LogP contribution in [0.1, 0.15) is 412 Å². The summed E-state index contributed by atoms with van der Waals surface area (Å²) in [4.78, 5) is 0. The molecule has 0 atom stereocenters. The molecule has 10 nitrogen and oxygen atoms in total. The molecule has 3 aromatic carbocycles. The fourth-order valence-corrected chi connectivity index (χ4v) is 17.1. The molecule has 0 saturated carbocycles. The molecule has 3 heterocycles. The van der Waals surface area contributed by atoms with Crippen molar-refractivity contribution >= 4 is 47.2 Å². The van der Waals surface area contributed by atoms with Gasteiger partial charge in [0.05, 0.1) is 11.2 Å². The molecule has 1 fully saturated rings. The van der Waals surface area contributed by atoms with Gasteiger partial charge in [0, 0.05) is 32.9 Å². The van der Waals surface area contributed by atoms with Crippen molar-refractivity contribution < 1.29 is 28.6 Å². The van der Waals surface area contributed by atoms with E-state index in [1.54, 1.807) is 0 Å². The van der Waals surface area contributed by atoms with Gasteiger partial charge in [0.2, 0.25) is 0 Å². The first-order chi connectivity index (χ1) is 45.9. The van der Waals surface area contributed by atoms with Crippen LogP contribution in [0.5, 0.6) is 0 Å². The molecule has 0 spiro atoms. The molecule has 0 amide bonds. The number of aromatic nitrogens is 4. The third-order valence-corrected chi connectivity index (χ3v) is 23.5. The minimum atomic E-state index is -1.72. The molecule has 0 bridgehead atoms. The maximum absolute atomic E-state index is 11.3. The SMILES string of the molecule is CCCCCCCCCCCCCCC1(CCCCCCCCCCCCCC)c2cc3c(cc2-c2c1cc(B(O)O)c1nonc21)C(CCCCCCCCCCCCCC)(CCCCCCCCCCCCCC)c1cc(B2OC(C)(C)C(C)(C)O2)c2nonc2c1-3. The van der Waals surface area contributed by atoms with Crippen LogP contribution in [0.25, 0.3) is 44.3 Å². The topological polar surface area (TPSA) is 137 Å². The highest BCUT2D eigenvalue weighted by Crippen LogP contribution is 2.62. The Hall–Kier alpha value is -3.57. The molecule has 2 N–H and O–H groups in total. The third kappa shape index (κ3) is 20.1. The van der Waals surface area contributed by atoms with E-state index in [-0.39, 0.29) is 5.41 Å². The van der Waals surface area contributed by atoms with Crippen molar-refractivity contribution in [3.8, 4) is 22.3 Å². The Morgan fingerprint density at radius 3 is 0.872 bits per heavy atom. The highest BCUT2D eigenvalue weighted by molar-refractivity contribution is 6.65. The predicted molar refractivity (Wildman–Crippen MR) is 398 cm³/mol. The Kier molecular flexibility index (Phi) is 32.3. The van der Waals surface area contributed by atoms with E-state index in [0.717, 1.165) is 79.0 Å². The molecule has 2 aliphatic carbocycles. The van der Waals surface area contributed by atoms with Crippen LogP contribution in [0.15, 0.2) is 33.5 Å². The standard InChI is InChI=1S/C82H134B2N4O6/c1-9-13-17-21-25-29-33-37-41-45-49-53-57-81(58-54-50-46-42-38-34-30-26-22-18-14-10-2)67-62-66-68(61-65(67)73-69(81)63-71(83(89)90)75-77(73)87-93-85-75)82(59-55-51-47-43-39-35-31-27-23-19-15-11-3,60-56-52-48-44-40-36-32-28-24-20-16-12-4)70-64-72(76-78(74(66)70)88-94-86-76)84-91-79(5,6)80(7,8)92-84/h61-64,89-90H,9-60H2,1-8H3. The summed E-state index contributed by atoms with van der Waals surface area (Å²) in [6.07, 6.45) is 66.5. The molecule has 0 unspecified atom stereocenters. The van der Waals surface area contributed by atoms with E-state index < -0.39 is 30.9 Å². The van der Waals surface area contributed by atoms with Gasteiger partial charge in [0.1, 0.15) is 22.1 Å². The summed E-state index contributed by atoms with van der Waals surface area (Å²) in [5.74, 6) is 0. The lowest BCUT2D eigenvalue weighted by molar-refractivity contribution is 0.00578. The Bertz CT molecular complexity index is 2880. The first kappa shape index (κ1) is 76.2. The lowest BCUT2D eigenvalue weighted by Gasteiger charge is -2.35. The summed E-state index contributed by atoms with van der Waals surface area (Å²) >= 11 is 0. The summed E-state index contributed by atoms with van der Waals surface area (Å²) < 4.78 is 25.6. The van der Waals surface area contributed by atoms with Crippen LogP contribution in [0, 0.1) is 0 Å². The number of rotatable bonds is 54. The van der Waals surface area contributed by atoms with Crippen molar-refractivity contribution in [1.29, 1.82) is 0 Å². The monoisotopic (exact) mass is 1290 g/mol. The summed E-state index contributed by atoms with van der Waals surface area (Å²) in [7, 11) is -2.36. The molecule has 0 radical (unpaired) electrons. The van der Waals surface area contributed by atoms with E-state index in [2.05, 4.69) is 84.8 Å². The van der Waals surface area contributed by atoms with Crippen LogP contribution < -0.4 is 10.9 Å². The van der Waals surface area contributed by atoms with Crippen molar-refractivity contribution in [3.63, 3.8) is 0 Å². The van der Waals surface area contributed by atoms with Gasteiger partial charge in [-0.15, -0.1) is 0 Å². The van der Waals surface area contributed by atoms with Gasteiger partial charge in [-0.05, 0) is 109 Å². The van der Waals surface area contributed by atoms with Crippen molar-refractivity contribution in [3.05, 3.63) is 46.5 Å². The van der Waals surface area contributed by atoms with Crippen LogP contribution in [-0.2, 0) is 20.1 Å². The third-order valence-electron chi connectivity index (χ3n) is 23.5. The van der Waals surface area contributed by atoms with Crippen molar-refractivity contribution in [2.45, 2.75) is 411 Å². The van der Waals surface area contributed by atoms with E-state index in [1.165, 1.54) is 316 Å². The maximum Gasteiger partial charge on any atom is 0.497 e. The average Bonchev–Trinajstić information content (AvgIpc) is 1.52. The number of hydrogen-bond acceptors (Lipinski definition) is 10. The molecule has 3 aliphatic rings. The summed E-state index contributed by atoms with van der Waals surface area (Å²) in [5, 5.41) is 41.6. The lowest BCUT2D eigenvalue weighted by Crippen LogP contribution is -2.41. The van der Waals surface area contributed by atoms with Gasteiger partial charge in [-0.2, -0.15) is 0 Å². The van der Waals surface area contributed by atoms with Gasteiger partial charge in [-0.1, -0.05) is 358 Å². The first-order valence-corrected chi connectivity index (χ1v) is 40.4. The Morgan fingerprint density at radius 1 is 0.319 bits per heavy atom. The molecule has 12 heteroatoms. The number of benzene rings is 3. The second-order valence-corrected chi connectivity index (χ2v) is 31.3. The highest BCUT2D eigenvalue weighted by atomic mass is 16.7. The normalized spacial score (nSPS) is 15.7. The van der Waals surface area contributed by atoms with Gasteiger partial charge in [0.25, 0.3) is 0 Å². The highest BCUT2D eigenvalue weighted by Gasteiger charge is 2.55. The van der Waals surface area contributed by atoms with Gasteiger partial charge in [-0.3, -0.25) is 0 Å².